The maximum Gasteiger partial charge on any atom is 0.416 e. The summed E-state index contributed by atoms with van der Waals surface area (Å²) in [6.07, 6.45) is 0.961. The van der Waals surface area contributed by atoms with Gasteiger partial charge in [0.25, 0.3) is 5.91 Å². The molecule has 0 spiro atoms. The van der Waals surface area contributed by atoms with Gasteiger partial charge >= 0.3 is 6.18 Å². The fraction of sp³-hybridized carbons (Fsp3) is 0.294. The summed E-state index contributed by atoms with van der Waals surface area (Å²) in [5.41, 5.74) is 6.01. The van der Waals surface area contributed by atoms with E-state index in [2.05, 4.69) is 5.32 Å². The number of nitrogens with zero attached hydrogens (tertiary/aromatic N) is 1. The Morgan fingerprint density at radius 1 is 1.32 bits per heavy atom. The number of carbonyl (C=O) groups is 1. The third kappa shape index (κ3) is 6.22. The number of benzene rings is 1. The zero-order valence-corrected chi connectivity index (χ0v) is 13.7. The summed E-state index contributed by atoms with van der Waals surface area (Å²) in [4.78, 5) is 12.0. The number of nitrogens with two attached hydrogens (primary N) is 1. The molecule has 4 N–H and O–H groups in total. The van der Waals surface area contributed by atoms with Crippen LogP contribution in [0.4, 0.5) is 13.2 Å². The van der Waals surface area contributed by atoms with Crippen LogP contribution in [0.1, 0.15) is 30.9 Å². The van der Waals surface area contributed by atoms with Gasteiger partial charge in [0.1, 0.15) is 0 Å². The van der Waals surface area contributed by atoms with Gasteiger partial charge in [-0.3, -0.25) is 10.1 Å². The van der Waals surface area contributed by atoms with E-state index in [4.69, 9.17) is 11.0 Å². The van der Waals surface area contributed by atoms with Gasteiger partial charge in [0, 0.05) is 12.2 Å². The van der Waals surface area contributed by atoms with Gasteiger partial charge in [-0.1, -0.05) is 25.5 Å². The SMILES string of the molecule is CCC/C(NCc1ccc(C(F)(F)F)cc1)=C(\C=C/N)C(=O)NC#N. The van der Waals surface area contributed by atoms with Crippen LogP contribution in [-0.4, -0.2) is 5.91 Å². The fourth-order valence-corrected chi connectivity index (χ4v) is 2.12. The molecule has 0 atom stereocenters. The van der Waals surface area contributed by atoms with Crippen molar-refractivity contribution in [3.8, 4) is 6.19 Å². The summed E-state index contributed by atoms with van der Waals surface area (Å²) in [6, 6.07) is 4.74. The van der Waals surface area contributed by atoms with E-state index in [1.807, 2.05) is 12.2 Å². The largest absolute Gasteiger partial charge is 0.416 e. The molecule has 0 aliphatic heterocycles. The van der Waals surface area contributed by atoms with Gasteiger partial charge in [-0.25, -0.2) is 0 Å². The lowest BCUT2D eigenvalue weighted by molar-refractivity contribution is -0.137. The molecule has 0 bridgehead atoms. The van der Waals surface area contributed by atoms with E-state index in [0.29, 0.717) is 17.7 Å². The Morgan fingerprint density at radius 3 is 2.44 bits per heavy atom. The topological polar surface area (TPSA) is 90.9 Å². The normalized spacial score (nSPS) is 12.4. The van der Waals surface area contributed by atoms with E-state index in [-0.39, 0.29) is 12.1 Å². The first-order valence-electron chi connectivity index (χ1n) is 7.54. The van der Waals surface area contributed by atoms with Crippen molar-refractivity contribution in [3.63, 3.8) is 0 Å². The number of nitriles is 1. The minimum absolute atomic E-state index is 0.206. The molecule has 0 heterocycles. The minimum Gasteiger partial charge on any atom is -0.405 e. The highest BCUT2D eigenvalue weighted by Crippen LogP contribution is 2.29. The molecule has 0 saturated heterocycles. The number of rotatable bonds is 7. The number of hydrogen-bond donors (Lipinski definition) is 3. The second-order valence-corrected chi connectivity index (χ2v) is 5.12. The molecule has 1 rings (SSSR count). The zero-order valence-electron chi connectivity index (χ0n) is 13.7. The fourth-order valence-electron chi connectivity index (χ4n) is 2.12. The summed E-state index contributed by atoms with van der Waals surface area (Å²) in [5.74, 6) is -0.604. The van der Waals surface area contributed by atoms with Crippen LogP contribution >= 0.6 is 0 Å². The van der Waals surface area contributed by atoms with Crippen LogP contribution in [0.2, 0.25) is 0 Å². The number of hydrogen-bond acceptors (Lipinski definition) is 4. The minimum atomic E-state index is -4.38. The monoisotopic (exact) mass is 352 g/mol. The first-order chi connectivity index (χ1) is 11.8. The first-order valence-corrected chi connectivity index (χ1v) is 7.54. The second kappa shape index (κ2) is 9.37. The van der Waals surface area contributed by atoms with E-state index in [1.54, 1.807) is 6.19 Å². The number of allylic oxidation sites excluding steroid dienone is 1. The highest BCUT2D eigenvalue weighted by atomic mass is 19.4. The summed E-state index contributed by atoms with van der Waals surface area (Å²) in [6.45, 7) is 2.14. The second-order valence-electron chi connectivity index (χ2n) is 5.12. The lowest BCUT2D eigenvalue weighted by atomic mass is 10.1. The zero-order chi connectivity index (χ0) is 18.9. The molecule has 5 nitrogen and oxygen atoms in total. The Bertz CT molecular complexity index is 685. The number of amides is 1. The van der Waals surface area contributed by atoms with Crippen molar-refractivity contribution in [2.75, 3.05) is 0 Å². The van der Waals surface area contributed by atoms with Crippen LogP contribution in [0.5, 0.6) is 0 Å². The van der Waals surface area contributed by atoms with Gasteiger partial charge in [0.15, 0.2) is 6.19 Å². The standard InChI is InChI=1S/C17H19F3N4O/c1-2-3-15(14(8-9-21)16(25)24-11-22)23-10-12-4-6-13(7-5-12)17(18,19)20/h4-9,23H,2-3,10,21H2,1H3,(H,24,25)/b9-8-,15-14-. The van der Waals surface area contributed by atoms with E-state index < -0.39 is 17.6 Å². The van der Waals surface area contributed by atoms with Gasteiger partial charge in [0.2, 0.25) is 0 Å². The highest BCUT2D eigenvalue weighted by Gasteiger charge is 2.29. The number of nitrogens with one attached hydrogen (secondary N) is 2. The van der Waals surface area contributed by atoms with E-state index in [1.165, 1.54) is 24.4 Å². The smallest absolute Gasteiger partial charge is 0.405 e. The van der Waals surface area contributed by atoms with Crippen molar-refractivity contribution in [2.45, 2.75) is 32.5 Å². The maximum absolute atomic E-state index is 12.6. The van der Waals surface area contributed by atoms with Crippen molar-refractivity contribution in [2.24, 2.45) is 5.73 Å². The molecule has 1 amide bonds. The van der Waals surface area contributed by atoms with Crippen LogP contribution in [0.15, 0.2) is 47.8 Å². The molecule has 1 aromatic carbocycles. The molecule has 0 radical (unpaired) electrons. The predicted molar refractivity (Wildman–Crippen MR) is 87.3 cm³/mol. The molecule has 25 heavy (non-hydrogen) atoms. The van der Waals surface area contributed by atoms with Crippen LogP contribution in [0, 0.1) is 11.5 Å². The van der Waals surface area contributed by atoms with Gasteiger partial charge in [0.05, 0.1) is 11.1 Å². The molecular formula is C17H19F3N4O. The van der Waals surface area contributed by atoms with Crippen molar-refractivity contribution in [1.29, 1.82) is 5.26 Å². The number of halogens is 3. The molecule has 0 fully saturated rings. The number of alkyl halides is 3. The summed E-state index contributed by atoms with van der Waals surface area (Å²) >= 11 is 0. The van der Waals surface area contributed by atoms with Crippen LogP contribution in [0.3, 0.4) is 0 Å². The third-order valence-corrected chi connectivity index (χ3v) is 3.29. The van der Waals surface area contributed by atoms with Gasteiger partial charge in [-0.05, 0) is 36.4 Å². The molecule has 1 aromatic rings. The summed E-state index contributed by atoms with van der Waals surface area (Å²) < 4.78 is 37.7. The quantitative estimate of drug-likeness (QED) is 0.305. The van der Waals surface area contributed by atoms with Crippen molar-refractivity contribution in [3.05, 3.63) is 58.9 Å². The lowest BCUT2D eigenvalue weighted by Gasteiger charge is -2.14. The van der Waals surface area contributed by atoms with Crippen LogP contribution in [-0.2, 0) is 17.5 Å². The Morgan fingerprint density at radius 2 is 1.96 bits per heavy atom. The van der Waals surface area contributed by atoms with Crippen molar-refractivity contribution < 1.29 is 18.0 Å². The van der Waals surface area contributed by atoms with Crippen LogP contribution in [0.25, 0.3) is 0 Å². The first kappa shape index (κ1) is 20.1. The Balaban J connectivity index is 2.98. The maximum atomic E-state index is 12.6. The van der Waals surface area contributed by atoms with Gasteiger partial charge in [-0.15, -0.1) is 0 Å². The molecule has 0 saturated carbocycles. The van der Waals surface area contributed by atoms with E-state index in [0.717, 1.165) is 18.6 Å². The Labute approximate surface area is 144 Å². The Hall–Kier alpha value is -2.95. The molecule has 0 aliphatic carbocycles. The van der Waals surface area contributed by atoms with Crippen molar-refractivity contribution >= 4 is 5.91 Å². The molecule has 0 aliphatic rings. The molecule has 8 heteroatoms. The molecule has 134 valence electrons. The van der Waals surface area contributed by atoms with Gasteiger partial charge in [-0.2, -0.15) is 18.4 Å². The molecule has 0 unspecified atom stereocenters. The molecule has 0 aromatic heterocycles. The number of carbonyl (C=O) groups excluding carboxylic acids is 1. The molecular weight excluding hydrogens is 333 g/mol. The average molecular weight is 352 g/mol. The van der Waals surface area contributed by atoms with Crippen LogP contribution < -0.4 is 16.4 Å². The average Bonchev–Trinajstić information content (AvgIpc) is 2.56. The van der Waals surface area contributed by atoms with E-state index in [9.17, 15) is 18.0 Å². The van der Waals surface area contributed by atoms with E-state index >= 15 is 0 Å². The summed E-state index contributed by atoms with van der Waals surface area (Å²) in [7, 11) is 0. The predicted octanol–water partition coefficient (Wildman–Crippen LogP) is 2.92. The third-order valence-electron chi connectivity index (χ3n) is 3.29. The lowest BCUT2D eigenvalue weighted by Crippen LogP contribution is -2.24. The Kier molecular flexibility index (Phi) is 7.53. The van der Waals surface area contributed by atoms with Crippen molar-refractivity contribution in [1.82, 2.24) is 10.6 Å². The van der Waals surface area contributed by atoms with Gasteiger partial charge < -0.3 is 11.1 Å². The summed E-state index contributed by atoms with van der Waals surface area (Å²) in [5, 5.41) is 13.7. The highest BCUT2D eigenvalue weighted by molar-refractivity contribution is 5.97.